The van der Waals surface area contributed by atoms with Gasteiger partial charge in [0.2, 0.25) is 0 Å². The molecule has 5 nitrogen and oxygen atoms in total. The molecule has 0 amide bonds. The zero-order chi connectivity index (χ0) is 15.7. The minimum Gasteiger partial charge on any atom is -0.617 e. The van der Waals surface area contributed by atoms with Gasteiger partial charge in [0, 0.05) is 11.9 Å². The third kappa shape index (κ3) is 2.76. The summed E-state index contributed by atoms with van der Waals surface area (Å²) in [5, 5.41) is 1.08. The molecule has 0 radical (unpaired) electrons. The minimum absolute atomic E-state index is 0.477. The van der Waals surface area contributed by atoms with Crippen LogP contribution in [0.1, 0.15) is 18.7 Å². The predicted molar refractivity (Wildman–Crippen MR) is 92.4 cm³/mol. The number of nitrogens with zero attached hydrogens (tertiary/aromatic N) is 3. The topological polar surface area (TPSA) is 79.8 Å². The highest BCUT2D eigenvalue weighted by Gasteiger charge is 2.14. The summed E-state index contributed by atoms with van der Waals surface area (Å²) in [6, 6.07) is 8.00. The first-order chi connectivity index (χ1) is 10.6. The largest absolute Gasteiger partial charge is 0.617 e. The van der Waals surface area contributed by atoms with Crippen molar-refractivity contribution in [2.75, 3.05) is 17.7 Å². The standard InChI is InChI=1S/C16H20N4OS/c1-11-18-14-15(20(11)9-5-6-10-22(2)21)12-7-3-4-8-13(12)19-16(14)17/h3-4,7-8H,5-6,9-10H2,1-2H3,(H2,17,19). The molecule has 2 aromatic heterocycles. The first-order valence-electron chi connectivity index (χ1n) is 7.39. The molecule has 3 rings (SSSR count). The van der Waals surface area contributed by atoms with E-state index in [1.165, 1.54) is 0 Å². The van der Waals surface area contributed by atoms with E-state index in [2.05, 4.69) is 20.6 Å². The number of para-hydroxylation sites is 1. The lowest BCUT2D eigenvalue weighted by Crippen LogP contribution is -2.06. The van der Waals surface area contributed by atoms with Gasteiger partial charge in [0.25, 0.3) is 0 Å². The van der Waals surface area contributed by atoms with Crippen LogP contribution in [0.15, 0.2) is 24.3 Å². The number of nitrogen functional groups attached to an aromatic ring is 1. The lowest BCUT2D eigenvalue weighted by Gasteiger charge is -2.09. The zero-order valence-corrected chi connectivity index (χ0v) is 13.7. The molecule has 2 heterocycles. The predicted octanol–water partition coefficient (Wildman–Crippen LogP) is 2.63. The average molecular weight is 316 g/mol. The highest BCUT2D eigenvalue weighted by molar-refractivity contribution is 7.90. The van der Waals surface area contributed by atoms with Crippen LogP contribution in [0.5, 0.6) is 0 Å². The summed E-state index contributed by atoms with van der Waals surface area (Å²) in [5.41, 5.74) is 8.79. The summed E-state index contributed by atoms with van der Waals surface area (Å²) in [5.74, 6) is 2.17. The molecule has 6 heteroatoms. The Morgan fingerprint density at radius 3 is 2.77 bits per heavy atom. The van der Waals surface area contributed by atoms with Crippen LogP contribution in [0.3, 0.4) is 0 Å². The van der Waals surface area contributed by atoms with Crippen molar-refractivity contribution in [3.05, 3.63) is 30.1 Å². The van der Waals surface area contributed by atoms with E-state index in [1.807, 2.05) is 25.1 Å². The Kier molecular flexibility index (Phi) is 4.22. The van der Waals surface area contributed by atoms with Gasteiger partial charge in [-0.25, -0.2) is 9.97 Å². The summed E-state index contributed by atoms with van der Waals surface area (Å²) in [7, 11) is 0. The maximum atomic E-state index is 11.2. The molecular formula is C16H20N4OS. The number of rotatable bonds is 5. The molecule has 116 valence electrons. The van der Waals surface area contributed by atoms with Crippen molar-refractivity contribution < 1.29 is 4.55 Å². The number of fused-ring (bicyclic) bond motifs is 3. The first-order valence-corrected chi connectivity index (χ1v) is 9.11. The number of aromatic nitrogens is 3. The Hall–Kier alpha value is -1.79. The number of imidazole rings is 1. The van der Waals surface area contributed by atoms with Crippen LogP contribution in [-0.4, -0.2) is 31.1 Å². The van der Waals surface area contributed by atoms with Gasteiger partial charge in [0.15, 0.2) is 5.82 Å². The molecule has 1 unspecified atom stereocenters. The number of aryl methyl sites for hydroxylation is 2. The molecule has 0 aliphatic rings. The molecular weight excluding hydrogens is 296 g/mol. The fourth-order valence-electron chi connectivity index (χ4n) is 2.82. The van der Waals surface area contributed by atoms with Crippen LogP contribution in [0.4, 0.5) is 5.82 Å². The average Bonchev–Trinajstić information content (AvgIpc) is 2.81. The summed E-state index contributed by atoms with van der Waals surface area (Å²) in [4.78, 5) is 9.03. The Morgan fingerprint density at radius 1 is 1.23 bits per heavy atom. The number of hydrogen-bond donors (Lipinski definition) is 1. The molecule has 0 aliphatic heterocycles. The molecule has 1 aromatic carbocycles. The second kappa shape index (κ2) is 6.14. The number of anilines is 1. The third-order valence-corrected chi connectivity index (χ3v) is 4.73. The fourth-order valence-corrected chi connectivity index (χ4v) is 3.43. The van der Waals surface area contributed by atoms with Gasteiger partial charge in [-0.1, -0.05) is 29.4 Å². The van der Waals surface area contributed by atoms with Crippen LogP contribution in [-0.2, 0) is 17.7 Å². The Labute approximate surface area is 132 Å². The minimum atomic E-state index is -0.727. The molecule has 3 aromatic rings. The zero-order valence-electron chi connectivity index (χ0n) is 12.9. The number of benzene rings is 1. The van der Waals surface area contributed by atoms with Crippen molar-refractivity contribution in [3.8, 4) is 0 Å². The van der Waals surface area contributed by atoms with Crippen molar-refractivity contribution in [1.29, 1.82) is 0 Å². The van der Waals surface area contributed by atoms with Crippen molar-refractivity contribution in [2.24, 2.45) is 0 Å². The van der Waals surface area contributed by atoms with Crippen molar-refractivity contribution >= 4 is 38.9 Å². The summed E-state index contributed by atoms with van der Waals surface area (Å²) >= 11 is -0.727. The summed E-state index contributed by atoms with van der Waals surface area (Å²) < 4.78 is 13.4. The fraction of sp³-hybridized carbons (Fsp3) is 0.375. The highest BCUT2D eigenvalue weighted by Crippen LogP contribution is 2.28. The second-order valence-corrected chi connectivity index (χ2v) is 7.06. The third-order valence-electron chi connectivity index (χ3n) is 3.86. The monoisotopic (exact) mass is 316 g/mol. The molecule has 0 fully saturated rings. The van der Waals surface area contributed by atoms with Crippen LogP contribution in [0.25, 0.3) is 21.9 Å². The number of hydrogen-bond acceptors (Lipinski definition) is 4. The molecule has 22 heavy (non-hydrogen) atoms. The van der Waals surface area contributed by atoms with Crippen LogP contribution >= 0.6 is 0 Å². The van der Waals surface area contributed by atoms with Crippen molar-refractivity contribution in [3.63, 3.8) is 0 Å². The van der Waals surface area contributed by atoms with Crippen LogP contribution in [0.2, 0.25) is 0 Å². The van der Waals surface area contributed by atoms with Crippen LogP contribution in [0, 0.1) is 6.92 Å². The maximum Gasteiger partial charge on any atom is 0.152 e. The first kappa shape index (κ1) is 15.1. The van der Waals surface area contributed by atoms with E-state index in [0.717, 1.165) is 52.9 Å². The Balaban J connectivity index is 2.03. The maximum absolute atomic E-state index is 11.2. The molecule has 0 bridgehead atoms. The molecule has 0 saturated carbocycles. The summed E-state index contributed by atoms with van der Waals surface area (Å²) in [6.07, 6.45) is 3.67. The normalized spacial score (nSPS) is 13.0. The van der Waals surface area contributed by atoms with Crippen LogP contribution < -0.4 is 5.73 Å². The SMILES string of the molecule is Cc1nc2c(N)nc3ccccc3c2n1CCCC[S+](C)[O-]. The Bertz CT molecular complexity index is 813. The van der Waals surface area contributed by atoms with Gasteiger partial charge in [-0.15, -0.1) is 0 Å². The molecule has 1 atom stereocenters. The van der Waals surface area contributed by atoms with Gasteiger partial charge < -0.3 is 14.9 Å². The lowest BCUT2D eigenvalue weighted by atomic mass is 10.2. The van der Waals surface area contributed by atoms with E-state index in [9.17, 15) is 4.55 Å². The van der Waals surface area contributed by atoms with E-state index in [-0.39, 0.29) is 0 Å². The van der Waals surface area contributed by atoms with E-state index in [1.54, 1.807) is 6.26 Å². The lowest BCUT2D eigenvalue weighted by molar-refractivity contribution is 0.587. The second-order valence-electron chi connectivity index (χ2n) is 5.51. The number of nitrogens with two attached hydrogens (primary N) is 1. The quantitative estimate of drug-likeness (QED) is 0.579. The van der Waals surface area contributed by atoms with E-state index < -0.39 is 11.2 Å². The van der Waals surface area contributed by atoms with Gasteiger partial charge in [-0.05, 0) is 25.8 Å². The summed E-state index contributed by atoms with van der Waals surface area (Å²) in [6.45, 7) is 2.85. The van der Waals surface area contributed by atoms with Gasteiger partial charge in [-0.2, -0.15) is 0 Å². The molecule has 0 aliphatic carbocycles. The smallest absolute Gasteiger partial charge is 0.152 e. The molecule has 0 spiro atoms. The number of unbranched alkanes of at least 4 members (excludes halogenated alkanes) is 1. The van der Waals surface area contributed by atoms with E-state index in [0.29, 0.717) is 5.82 Å². The van der Waals surface area contributed by atoms with Gasteiger partial charge in [0.1, 0.15) is 17.1 Å². The Morgan fingerprint density at radius 2 is 2.00 bits per heavy atom. The van der Waals surface area contributed by atoms with E-state index >= 15 is 0 Å². The number of pyridine rings is 1. The molecule has 2 N–H and O–H groups in total. The van der Waals surface area contributed by atoms with Gasteiger partial charge in [0.05, 0.1) is 17.3 Å². The van der Waals surface area contributed by atoms with Gasteiger partial charge >= 0.3 is 0 Å². The highest BCUT2D eigenvalue weighted by atomic mass is 32.2. The van der Waals surface area contributed by atoms with E-state index in [4.69, 9.17) is 5.73 Å². The molecule has 0 saturated heterocycles. The van der Waals surface area contributed by atoms with Gasteiger partial charge in [-0.3, -0.25) is 0 Å². The van der Waals surface area contributed by atoms with Crippen molar-refractivity contribution in [1.82, 2.24) is 14.5 Å². The van der Waals surface area contributed by atoms with Crippen molar-refractivity contribution in [2.45, 2.75) is 26.3 Å².